The summed E-state index contributed by atoms with van der Waals surface area (Å²) in [4.78, 5) is 10.2. The first-order chi connectivity index (χ1) is 8.38. The summed E-state index contributed by atoms with van der Waals surface area (Å²) in [7, 11) is -3.86. The summed E-state index contributed by atoms with van der Waals surface area (Å²) >= 11 is 0. The number of sulfonamides is 1. The van der Waals surface area contributed by atoms with Crippen LogP contribution in [0, 0.1) is 5.92 Å². The van der Waals surface area contributed by atoms with E-state index in [4.69, 9.17) is 15.0 Å². The molecule has 1 aromatic heterocycles. The fraction of sp³-hybridized carbons (Fsp3) is 0.500. The lowest BCUT2D eigenvalue weighted by Gasteiger charge is -2.24. The van der Waals surface area contributed by atoms with E-state index in [9.17, 15) is 13.2 Å². The minimum atomic E-state index is -3.86. The van der Waals surface area contributed by atoms with Gasteiger partial charge in [-0.2, -0.15) is 5.10 Å². The van der Waals surface area contributed by atoms with Crippen LogP contribution in [0.2, 0.25) is 0 Å². The number of fused-ring (bicyclic) bond motifs is 1. The Balaban J connectivity index is 2.12. The number of aromatic nitrogens is 2. The lowest BCUT2D eigenvalue weighted by molar-refractivity contribution is 0.151. The molecule has 1 aliphatic rings. The largest absolute Gasteiger partial charge is 0.476 e. The minimum absolute atomic E-state index is 0.101. The van der Waals surface area contributed by atoms with Gasteiger partial charge in [-0.25, -0.2) is 23.0 Å². The maximum Gasteiger partial charge on any atom is 0.404 e. The molecule has 0 spiro atoms. The number of amides is 1. The summed E-state index contributed by atoms with van der Waals surface area (Å²) in [6.07, 6.45) is 0.00370. The predicted molar refractivity (Wildman–Crippen MR) is 58.6 cm³/mol. The summed E-state index contributed by atoms with van der Waals surface area (Å²) in [5, 5.41) is 19.6. The normalized spacial score (nSPS) is 18.8. The lowest BCUT2D eigenvalue weighted by atomic mass is 10.1. The van der Waals surface area contributed by atoms with Crippen LogP contribution in [0.3, 0.4) is 0 Å². The average molecular weight is 276 g/mol. The minimum Gasteiger partial charge on any atom is -0.476 e. The molecule has 2 heterocycles. The van der Waals surface area contributed by atoms with Gasteiger partial charge in [0.15, 0.2) is 4.90 Å². The summed E-state index contributed by atoms with van der Waals surface area (Å²) in [6.45, 7) is 0.777. The Morgan fingerprint density at radius 2 is 2.44 bits per heavy atom. The number of nitrogens with two attached hydrogens (primary N) is 1. The Labute approximate surface area is 103 Å². The van der Waals surface area contributed by atoms with E-state index in [1.54, 1.807) is 0 Å². The van der Waals surface area contributed by atoms with E-state index in [1.165, 1.54) is 4.68 Å². The average Bonchev–Trinajstić information content (AvgIpc) is 2.68. The molecular formula is C8H12N4O5S. The first kappa shape index (κ1) is 12.6. The van der Waals surface area contributed by atoms with Crippen molar-refractivity contribution in [3.05, 3.63) is 6.20 Å². The van der Waals surface area contributed by atoms with E-state index < -0.39 is 16.1 Å². The van der Waals surface area contributed by atoms with Gasteiger partial charge in [-0.3, -0.25) is 0 Å². The third kappa shape index (κ3) is 2.54. The molecule has 0 radical (unpaired) electrons. The SMILES string of the molecule is NS(=O)(=O)c1cnn2c1OCC(CNC(=O)O)C2. The third-order valence-electron chi connectivity index (χ3n) is 2.49. The summed E-state index contributed by atoms with van der Waals surface area (Å²) < 4.78 is 29.1. The molecule has 10 heteroatoms. The third-order valence-corrected chi connectivity index (χ3v) is 3.39. The maximum absolute atomic E-state index is 11.2. The van der Waals surface area contributed by atoms with Crippen molar-refractivity contribution in [2.24, 2.45) is 11.1 Å². The molecule has 1 atom stereocenters. The number of hydrogen-bond donors (Lipinski definition) is 3. The number of primary sulfonamides is 1. The van der Waals surface area contributed by atoms with E-state index >= 15 is 0 Å². The molecule has 2 rings (SSSR count). The van der Waals surface area contributed by atoms with Gasteiger partial charge in [0, 0.05) is 12.5 Å². The smallest absolute Gasteiger partial charge is 0.404 e. The van der Waals surface area contributed by atoms with Crippen LogP contribution >= 0.6 is 0 Å². The van der Waals surface area contributed by atoms with E-state index in [1.807, 2.05) is 0 Å². The number of carbonyl (C=O) groups is 1. The predicted octanol–water partition coefficient (Wildman–Crippen LogP) is -1.19. The Kier molecular flexibility index (Phi) is 3.13. The standard InChI is InChI=1S/C8H12N4O5S/c9-18(15,16)6-2-11-12-3-5(1-10-8(13)14)4-17-7(6)12/h2,5,10H,1,3-4H2,(H,13,14)(H2,9,15,16). The molecule has 1 unspecified atom stereocenters. The highest BCUT2D eigenvalue weighted by Crippen LogP contribution is 2.27. The second-order valence-electron chi connectivity index (χ2n) is 3.90. The van der Waals surface area contributed by atoms with Gasteiger partial charge in [-0.1, -0.05) is 0 Å². The van der Waals surface area contributed by atoms with Crippen molar-refractivity contribution in [3.8, 4) is 5.88 Å². The van der Waals surface area contributed by atoms with Gasteiger partial charge in [-0.05, 0) is 0 Å². The van der Waals surface area contributed by atoms with Gasteiger partial charge in [-0.15, -0.1) is 0 Å². The van der Waals surface area contributed by atoms with Crippen LogP contribution in [-0.2, 0) is 16.6 Å². The second-order valence-corrected chi connectivity index (χ2v) is 5.43. The highest BCUT2D eigenvalue weighted by Gasteiger charge is 2.27. The molecule has 0 fully saturated rings. The first-order valence-corrected chi connectivity index (χ1v) is 6.61. The van der Waals surface area contributed by atoms with E-state index in [0.717, 1.165) is 6.20 Å². The molecule has 100 valence electrons. The highest BCUT2D eigenvalue weighted by atomic mass is 32.2. The zero-order valence-corrected chi connectivity index (χ0v) is 10.1. The zero-order chi connectivity index (χ0) is 13.3. The van der Waals surface area contributed by atoms with E-state index in [-0.39, 0.29) is 29.8 Å². The molecule has 1 aromatic rings. The molecule has 0 aromatic carbocycles. The monoisotopic (exact) mass is 276 g/mol. The Morgan fingerprint density at radius 3 is 3.06 bits per heavy atom. The quantitative estimate of drug-likeness (QED) is 0.634. The van der Waals surface area contributed by atoms with E-state index in [0.29, 0.717) is 6.54 Å². The van der Waals surface area contributed by atoms with E-state index in [2.05, 4.69) is 10.4 Å². The van der Waals surface area contributed by atoms with Gasteiger partial charge in [0.1, 0.15) is 0 Å². The fourth-order valence-corrected chi connectivity index (χ4v) is 2.28. The molecular weight excluding hydrogens is 264 g/mol. The number of nitrogens with one attached hydrogen (secondary N) is 1. The first-order valence-electron chi connectivity index (χ1n) is 5.06. The molecule has 0 saturated carbocycles. The number of hydrogen-bond acceptors (Lipinski definition) is 5. The van der Waals surface area contributed by atoms with Crippen LogP contribution < -0.4 is 15.2 Å². The van der Waals surface area contributed by atoms with Crippen molar-refractivity contribution >= 4 is 16.1 Å². The van der Waals surface area contributed by atoms with Crippen LogP contribution in [-0.4, -0.2) is 42.5 Å². The number of carboxylic acid groups (broad SMARTS) is 1. The molecule has 9 nitrogen and oxygen atoms in total. The highest BCUT2D eigenvalue weighted by molar-refractivity contribution is 7.89. The Morgan fingerprint density at radius 1 is 1.72 bits per heavy atom. The van der Waals surface area contributed by atoms with Crippen LogP contribution in [0.5, 0.6) is 5.88 Å². The summed E-state index contributed by atoms with van der Waals surface area (Å²) in [5.41, 5.74) is 0. The zero-order valence-electron chi connectivity index (χ0n) is 9.24. The maximum atomic E-state index is 11.2. The van der Waals surface area contributed by atoms with Crippen LogP contribution in [0.1, 0.15) is 0 Å². The van der Waals surface area contributed by atoms with Gasteiger partial charge in [0.05, 0.1) is 19.3 Å². The van der Waals surface area contributed by atoms with Crippen molar-refractivity contribution in [2.45, 2.75) is 11.4 Å². The molecule has 1 amide bonds. The van der Waals surface area contributed by atoms with Crippen LogP contribution in [0.4, 0.5) is 4.79 Å². The van der Waals surface area contributed by atoms with Crippen molar-refractivity contribution in [3.63, 3.8) is 0 Å². The van der Waals surface area contributed by atoms with Crippen LogP contribution in [0.25, 0.3) is 0 Å². The van der Waals surface area contributed by atoms with Gasteiger partial charge in [0.2, 0.25) is 15.9 Å². The van der Waals surface area contributed by atoms with Crippen molar-refractivity contribution < 1.29 is 23.1 Å². The molecule has 0 bridgehead atoms. The van der Waals surface area contributed by atoms with Gasteiger partial charge >= 0.3 is 6.09 Å². The molecule has 0 saturated heterocycles. The molecule has 4 N–H and O–H groups in total. The van der Waals surface area contributed by atoms with Crippen molar-refractivity contribution in [2.75, 3.05) is 13.2 Å². The molecule has 1 aliphatic heterocycles. The Hall–Kier alpha value is -1.81. The van der Waals surface area contributed by atoms with Gasteiger partial charge < -0.3 is 15.2 Å². The topological polar surface area (TPSA) is 137 Å². The second kappa shape index (κ2) is 4.46. The fourth-order valence-electron chi connectivity index (χ4n) is 1.68. The summed E-state index contributed by atoms with van der Waals surface area (Å²) in [5.74, 6) is -0.00842. The molecule has 18 heavy (non-hydrogen) atoms. The van der Waals surface area contributed by atoms with Crippen molar-refractivity contribution in [1.82, 2.24) is 15.1 Å². The van der Waals surface area contributed by atoms with Crippen molar-refractivity contribution in [1.29, 1.82) is 0 Å². The molecule has 0 aliphatic carbocycles. The lowest BCUT2D eigenvalue weighted by Crippen LogP contribution is -2.36. The number of nitrogens with zero attached hydrogens (tertiary/aromatic N) is 2. The van der Waals surface area contributed by atoms with Crippen LogP contribution in [0.15, 0.2) is 11.1 Å². The number of rotatable bonds is 3. The summed E-state index contributed by atoms with van der Waals surface area (Å²) in [6, 6.07) is 0. The van der Waals surface area contributed by atoms with Gasteiger partial charge in [0.25, 0.3) is 0 Å². The Bertz CT molecular complexity index is 566. The number of ether oxygens (including phenoxy) is 1.